The Hall–Kier alpha value is -2.47. The number of nitrogens with zero attached hydrogens (tertiary/aromatic N) is 2. The van der Waals surface area contributed by atoms with Gasteiger partial charge < -0.3 is 0 Å². The van der Waals surface area contributed by atoms with E-state index in [-0.39, 0.29) is 10.9 Å². The lowest BCUT2D eigenvalue weighted by Gasteiger charge is -2.03. The van der Waals surface area contributed by atoms with Gasteiger partial charge in [0.1, 0.15) is 12.2 Å². The van der Waals surface area contributed by atoms with Crippen LogP contribution < -0.4 is 10.9 Å². The fourth-order valence-electron chi connectivity index (χ4n) is 1.35. The molecule has 0 fully saturated rings. The van der Waals surface area contributed by atoms with Crippen LogP contribution >= 0.6 is 11.6 Å². The summed E-state index contributed by atoms with van der Waals surface area (Å²) in [5, 5.41) is -0.0135. The Kier molecular flexibility index (Phi) is 4.62. The van der Waals surface area contributed by atoms with E-state index >= 15 is 0 Å². The lowest BCUT2D eigenvalue weighted by molar-refractivity contribution is 0.0944. The minimum atomic E-state index is -0.510. The maximum Gasteiger partial charge on any atom is 0.269 e. The Morgan fingerprint density at radius 3 is 2.75 bits per heavy atom. The number of hydrogen-bond donors (Lipinski definition) is 2. The predicted molar refractivity (Wildman–Crippen MR) is 74.4 cm³/mol. The van der Waals surface area contributed by atoms with Crippen molar-refractivity contribution in [2.24, 2.45) is 4.99 Å². The molecule has 0 radical (unpaired) electrons. The van der Waals surface area contributed by atoms with Gasteiger partial charge in [0, 0.05) is 18.0 Å². The number of carbonyl (C=O) groups is 1. The highest BCUT2D eigenvalue weighted by molar-refractivity contribution is 6.31. The van der Waals surface area contributed by atoms with E-state index in [0.717, 1.165) is 0 Å². The third-order valence-corrected chi connectivity index (χ3v) is 2.60. The van der Waals surface area contributed by atoms with Crippen molar-refractivity contribution in [2.75, 3.05) is 0 Å². The van der Waals surface area contributed by atoms with E-state index in [4.69, 9.17) is 11.6 Å². The summed E-state index contributed by atoms with van der Waals surface area (Å²) in [5.41, 5.74) is 5.86. The fourth-order valence-corrected chi connectivity index (χ4v) is 1.52. The van der Waals surface area contributed by atoms with Crippen LogP contribution in [0.25, 0.3) is 0 Å². The van der Waals surface area contributed by atoms with Crippen LogP contribution in [0.1, 0.15) is 10.4 Å². The zero-order chi connectivity index (χ0) is 14.4. The molecule has 0 aliphatic heterocycles. The van der Waals surface area contributed by atoms with Gasteiger partial charge in [0.2, 0.25) is 0 Å². The molecule has 102 valence electrons. The maximum absolute atomic E-state index is 12.9. The van der Waals surface area contributed by atoms with Gasteiger partial charge in [0.05, 0.1) is 10.7 Å². The first-order chi connectivity index (χ1) is 9.66. The molecule has 0 aliphatic rings. The van der Waals surface area contributed by atoms with Crippen LogP contribution in [0.4, 0.5) is 10.1 Å². The number of rotatable bonds is 4. The van der Waals surface area contributed by atoms with Gasteiger partial charge in [-0.25, -0.2) is 9.38 Å². The Balaban J connectivity index is 1.88. The van der Waals surface area contributed by atoms with E-state index in [1.54, 1.807) is 12.1 Å². The summed E-state index contributed by atoms with van der Waals surface area (Å²) in [6.07, 6.45) is 4.30. The predicted octanol–water partition coefficient (Wildman–Crippen LogP) is 2.47. The van der Waals surface area contributed by atoms with Crippen LogP contribution in [0.15, 0.2) is 47.7 Å². The van der Waals surface area contributed by atoms with E-state index < -0.39 is 5.82 Å². The van der Waals surface area contributed by atoms with Crippen molar-refractivity contribution in [3.8, 4) is 0 Å². The normalized spacial score (nSPS) is 10.5. The molecule has 0 bridgehead atoms. The molecule has 2 rings (SSSR count). The lowest BCUT2D eigenvalue weighted by atomic mass is 10.3. The highest BCUT2D eigenvalue weighted by atomic mass is 35.5. The molecule has 2 aromatic rings. The van der Waals surface area contributed by atoms with Gasteiger partial charge in [-0.1, -0.05) is 11.6 Å². The summed E-state index contributed by atoms with van der Waals surface area (Å²) >= 11 is 5.61. The number of hydrogen-bond acceptors (Lipinski definition) is 3. The Labute approximate surface area is 119 Å². The van der Waals surface area contributed by atoms with Crippen molar-refractivity contribution in [3.63, 3.8) is 0 Å². The molecule has 0 atom stereocenters. The number of amides is 1. The van der Waals surface area contributed by atoms with E-state index in [2.05, 4.69) is 20.8 Å². The first kappa shape index (κ1) is 14.0. The molecule has 1 amide bonds. The molecule has 20 heavy (non-hydrogen) atoms. The van der Waals surface area contributed by atoms with Gasteiger partial charge in [-0.3, -0.25) is 20.6 Å². The molecule has 0 saturated heterocycles. The van der Waals surface area contributed by atoms with Crippen LogP contribution in [0.5, 0.6) is 0 Å². The van der Waals surface area contributed by atoms with Crippen LogP contribution in [0.2, 0.25) is 5.02 Å². The molecule has 2 N–H and O–H groups in total. The number of aliphatic imine (C=N–C) groups is 1. The van der Waals surface area contributed by atoms with Crippen LogP contribution in [0.3, 0.4) is 0 Å². The van der Waals surface area contributed by atoms with E-state index in [1.165, 1.54) is 36.9 Å². The van der Waals surface area contributed by atoms with Gasteiger partial charge in [0.25, 0.3) is 5.91 Å². The zero-order valence-corrected chi connectivity index (χ0v) is 10.9. The van der Waals surface area contributed by atoms with Crippen molar-refractivity contribution in [1.29, 1.82) is 0 Å². The Morgan fingerprint density at radius 1 is 1.30 bits per heavy atom. The summed E-state index contributed by atoms with van der Waals surface area (Å²) in [6, 6.07) is 7.20. The summed E-state index contributed by atoms with van der Waals surface area (Å²) in [6.45, 7) is 0. The standard InChI is InChI=1S/C13H10ClFN4O/c14-11-7-10(1-2-12(11)15)17-8-18-19-13(20)9-3-5-16-6-4-9/h1-8H,(H,17,18)(H,19,20). The molecule has 5 nitrogen and oxygen atoms in total. The molecule has 0 saturated carbocycles. The zero-order valence-electron chi connectivity index (χ0n) is 10.2. The van der Waals surface area contributed by atoms with Gasteiger partial charge in [-0.15, -0.1) is 0 Å². The highest BCUT2D eigenvalue weighted by Gasteiger charge is 2.02. The SMILES string of the molecule is O=C(NNC=Nc1ccc(F)c(Cl)c1)c1ccncc1. The highest BCUT2D eigenvalue weighted by Crippen LogP contribution is 2.20. The maximum atomic E-state index is 12.9. The average Bonchev–Trinajstić information content (AvgIpc) is 2.48. The second-order valence-electron chi connectivity index (χ2n) is 3.69. The molecule has 1 heterocycles. The third-order valence-electron chi connectivity index (χ3n) is 2.31. The second kappa shape index (κ2) is 6.63. The molecule has 0 unspecified atom stereocenters. The quantitative estimate of drug-likeness (QED) is 0.517. The molecule has 7 heteroatoms. The average molecular weight is 293 g/mol. The largest absolute Gasteiger partial charge is 0.288 e. The van der Waals surface area contributed by atoms with Crippen molar-refractivity contribution < 1.29 is 9.18 Å². The van der Waals surface area contributed by atoms with Crippen molar-refractivity contribution >= 4 is 29.5 Å². The van der Waals surface area contributed by atoms with Crippen LogP contribution in [-0.2, 0) is 0 Å². The first-order valence-electron chi connectivity index (χ1n) is 5.60. The van der Waals surface area contributed by atoms with E-state index in [1.807, 2.05) is 0 Å². The second-order valence-corrected chi connectivity index (χ2v) is 4.10. The van der Waals surface area contributed by atoms with Crippen LogP contribution in [0, 0.1) is 5.82 Å². The summed E-state index contributed by atoms with van der Waals surface area (Å²) in [4.78, 5) is 19.4. The summed E-state index contributed by atoms with van der Waals surface area (Å²) in [7, 11) is 0. The van der Waals surface area contributed by atoms with E-state index in [0.29, 0.717) is 11.3 Å². The topological polar surface area (TPSA) is 66.4 Å². The third kappa shape index (κ3) is 3.76. The van der Waals surface area contributed by atoms with E-state index in [9.17, 15) is 9.18 Å². The monoisotopic (exact) mass is 292 g/mol. The number of carbonyl (C=O) groups excluding carboxylic acids is 1. The van der Waals surface area contributed by atoms with Crippen molar-refractivity contribution in [2.45, 2.75) is 0 Å². The molecule has 1 aromatic carbocycles. The number of hydrazine groups is 1. The van der Waals surface area contributed by atoms with Gasteiger partial charge in [0.15, 0.2) is 0 Å². The minimum Gasteiger partial charge on any atom is -0.288 e. The Morgan fingerprint density at radius 2 is 2.05 bits per heavy atom. The molecular weight excluding hydrogens is 283 g/mol. The minimum absolute atomic E-state index is 0.0135. The molecule has 1 aromatic heterocycles. The summed E-state index contributed by atoms with van der Waals surface area (Å²) < 4.78 is 12.9. The number of benzene rings is 1. The number of aromatic nitrogens is 1. The van der Waals surface area contributed by atoms with Gasteiger partial charge in [-0.2, -0.15) is 0 Å². The fraction of sp³-hybridized carbons (Fsp3) is 0. The van der Waals surface area contributed by atoms with Crippen molar-refractivity contribution in [1.82, 2.24) is 15.8 Å². The van der Waals surface area contributed by atoms with Crippen LogP contribution in [-0.4, -0.2) is 17.2 Å². The Bertz CT molecular complexity index is 634. The molecule has 0 aliphatic carbocycles. The summed E-state index contributed by atoms with van der Waals surface area (Å²) in [5.74, 6) is -0.833. The number of halogens is 2. The van der Waals surface area contributed by atoms with Gasteiger partial charge in [-0.05, 0) is 30.3 Å². The van der Waals surface area contributed by atoms with Gasteiger partial charge >= 0.3 is 0 Å². The smallest absolute Gasteiger partial charge is 0.269 e. The number of nitrogens with one attached hydrogen (secondary N) is 2. The van der Waals surface area contributed by atoms with Crippen molar-refractivity contribution in [3.05, 3.63) is 59.1 Å². The lowest BCUT2D eigenvalue weighted by Crippen LogP contribution is -2.36. The molecule has 0 spiro atoms. The number of pyridine rings is 1. The first-order valence-corrected chi connectivity index (χ1v) is 5.98. The molecular formula is C13H10ClFN4O.